The van der Waals surface area contributed by atoms with Gasteiger partial charge in [-0.3, -0.25) is 4.79 Å². The molecule has 0 saturated heterocycles. The lowest BCUT2D eigenvalue weighted by Gasteiger charge is -2.12. The van der Waals surface area contributed by atoms with E-state index in [-0.39, 0.29) is 5.12 Å². The predicted octanol–water partition coefficient (Wildman–Crippen LogP) is 2.26. The van der Waals surface area contributed by atoms with E-state index in [0.717, 1.165) is 5.56 Å². The topological polar surface area (TPSA) is 26.3 Å². The molecule has 1 atom stereocenters. The van der Waals surface area contributed by atoms with Crippen LogP contribution in [0.5, 0.6) is 0 Å². The number of carbonyl (C=O) groups is 1. The van der Waals surface area contributed by atoms with Crippen LogP contribution in [0.2, 0.25) is 0 Å². The molecule has 0 aromatic heterocycles. The fourth-order valence-corrected chi connectivity index (χ4v) is 1.55. The summed E-state index contributed by atoms with van der Waals surface area (Å²) < 4.78 is 5.12. The van der Waals surface area contributed by atoms with E-state index < -0.39 is 6.10 Å². The molecule has 1 aromatic rings. The van der Waals surface area contributed by atoms with E-state index in [2.05, 4.69) is 0 Å². The van der Waals surface area contributed by atoms with Crippen LogP contribution >= 0.6 is 11.8 Å². The average Bonchev–Trinajstić information content (AvgIpc) is 2.20. The van der Waals surface area contributed by atoms with Gasteiger partial charge in [0.25, 0.3) is 0 Å². The van der Waals surface area contributed by atoms with Crippen LogP contribution in [0.1, 0.15) is 11.7 Å². The van der Waals surface area contributed by atoms with Crippen molar-refractivity contribution in [3.8, 4) is 0 Å². The lowest BCUT2D eigenvalue weighted by molar-refractivity contribution is -0.120. The Hall–Kier alpha value is -0.800. The maximum Gasteiger partial charge on any atom is 0.221 e. The highest BCUT2D eigenvalue weighted by Gasteiger charge is 2.17. The third kappa shape index (κ3) is 2.57. The van der Waals surface area contributed by atoms with E-state index in [1.54, 1.807) is 13.4 Å². The van der Waals surface area contributed by atoms with Crippen molar-refractivity contribution in [3.05, 3.63) is 35.9 Å². The second-order valence-electron chi connectivity index (χ2n) is 2.55. The van der Waals surface area contributed by atoms with Gasteiger partial charge < -0.3 is 4.74 Å². The maximum absolute atomic E-state index is 11.4. The fraction of sp³-hybridized carbons (Fsp3) is 0.300. The molecule has 0 aliphatic heterocycles. The first-order chi connectivity index (χ1) is 6.29. The molecule has 3 heteroatoms. The molecule has 0 bridgehead atoms. The molecular weight excluding hydrogens is 184 g/mol. The van der Waals surface area contributed by atoms with E-state index in [9.17, 15) is 4.79 Å². The molecule has 13 heavy (non-hydrogen) atoms. The second-order valence-corrected chi connectivity index (χ2v) is 3.36. The van der Waals surface area contributed by atoms with E-state index in [0.29, 0.717) is 0 Å². The van der Waals surface area contributed by atoms with Crippen molar-refractivity contribution in [2.24, 2.45) is 0 Å². The molecule has 0 fully saturated rings. The van der Waals surface area contributed by atoms with Crippen molar-refractivity contribution >= 4 is 16.9 Å². The Morgan fingerprint density at radius 1 is 1.38 bits per heavy atom. The largest absolute Gasteiger partial charge is 0.368 e. The van der Waals surface area contributed by atoms with Gasteiger partial charge in [-0.25, -0.2) is 0 Å². The van der Waals surface area contributed by atoms with Gasteiger partial charge in [0.1, 0.15) is 0 Å². The summed E-state index contributed by atoms with van der Waals surface area (Å²) >= 11 is 1.19. The standard InChI is InChI=1S/C10H12O2S/c1-12-9(10(11)13-2)8-6-4-3-5-7-8/h3-7,9H,1-2H3/t9-/m1/s1. The SMILES string of the molecule is CO[C@@H](C(=O)SC)c1ccccc1. The van der Waals surface area contributed by atoms with Gasteiger partial charge in [-0.15, -0.1) is 0 Å². The highest BCUT2D eigenvalue weighted by atomic mass is 32.2. The van der Waals surface area contributed by atoms with Gasteiger partial charge in [-0.2, -0.15) is 0 Å². The van der Waals surface area contributed by atoms with Crippen LogP contribution in [0.25, 0.3) is 0 Å². The first kappa shape index (κ1) is 10.3. The van der Waals surface area contributed by atoms with Crippen LogP contribution in [0.4, 0.5) is 0 Å². The third-order valence-corrected chi connectivity index (χ3v) is 2.37. The normalized spacial score (nSPS) is 12.5. The Kier molecular flexibility index (Phi) is 3.99. The highest BCUT2D eigenvalue weighted by molar-refractivity contribution is 8.13. The number of rotatable bonds is 3. The first-order valence-electron chi connectivity index (χ1n) is 3.95. The molecular formula is C10H12O2S. The third-order valence-electron chi connectivity index (χ3n) is 1.75. The molecule has 0 spiro atoms. The van der Waals surface area contributed by atoms with Gasteiger partial charge in [0.15, 0.2) is 6.10 Å². The zero-order chi connectivity index (χ0) is 9.68. The van der Waals surface area contributed by atoms with Crippen molar-refractivity contribution in [1.29, 1.82) is 0 Å². The summed E-state index contributed by atoms with van der Waals surface area (Å²) in [6, 6.07) is 9.49. The Morgan fingerprint density at radius 3 is 2.46 bits per heavy atom. The molecule has 0 amide bonds. The number of carbonyl (C=O) groups excluding carboxylic acids is 1. The summed E-state index contributed by atoms with van der Waals surface area (Å²) in [5.41, 5.74) is 0.907. The number of methoxy groups -OCH3 is 1. The van der Waals surface area contributed by atoms with Crippen molar-refractivity contribution < 1.29 is 9.53 Å². The number of hydrogen-bond donors (Lipinski definition) is 0. The zero-order valence-corrected chi connectivity index (χ0v) is 8.51. The molecule has 0 unspecified atom stereocenters. The Balaban J connectivity index is 2.85. The fourth-order valence-electron chi connectivity index (χ4n) is 1.10. The number of thioether (sulfide) groups is 1. The lowest BCUT2D eigenvalue weighted by atomic mass is 10.1. The van der Waals surface area contributed by atoms with Crippen molar-refractivity contribution in [1.82, 2.24) is 0 Å². The number of ether oxygens (including phenoxy) is 1. The Morgan fingerprint density at radius 2 is 2.00 bits per heavy atom. The zero-order valence-electron chi connectivity index (χ0n) is 7.69. The monoisotopic (exact) mass is 196 g/mol. The van der Waals surface area contributed by atoms with Gasteiger partial charge in [-0.05, 0) is 11.8 Å². The molecule has 0 aliphatic carbocycles. The minimum atomic E-state index is -0.434. The van der Waals surface area contributed by atoms with E-state index in [1.807, 2.05) is 30.3 Å². The Bertz CT molecular complexity index is 272. The van der Waals surface area contributed by atoms with Crippen LogP contribution in [-0.4, -0.2) is 18.5 Å². The highest BCUT2D eigenvalue weighted by Crippen LogP contribution is 2.21. The predicted molar refractivity (Wildman–Crippen MR) is 54.7 cm³/mol. The second kappa shape index (κ2) is 5.04. The average molecular weight is 196 g/mol. The summed E-state index contributed by atoms with van der Waals surface area (Å²) in [6.07, 6.45) is 1.33. The number of benzene rings is 1. The summed E-state index contributed by atoms with van der Waals surface area (Å²) in [7, 11) is 1.55. The van der Waals surface area contributed by atoms with Gasteiger partial charge in [0, 0.05) is 7.11 Å². The van der Waals surface area contributed by atoms with Crippen LogP contribution in [-0.2, 0) is 9.53 Å². The number of hydrogen-bond acceptors (Lipinski definition) is 3. The smallest absolute Gasteiger partial charge is 0.221 e. The minimum Gasteiger partial charge on any atom is -0.368 e. The molecule has 0 N–H and O–H groups in total. The lowest BCUT2D eigenvalue weighted by Crippen LogP contribution is -2.10. The van der Waals surface area contributed by atoms with Gasteiger partial charge in [0.2, 0.25) is 5.12 Å². The molecule has 2 nitrogen and oxygen atoms in total. The molecule has 0 heterocycles. The van der Waals surface area contributed by atoms with Gasteiger partial charge in [-0.1, -0.05) is 42.1 Å². The summed E-state index contributed by atoms with van der Waals surface area (Å²) in [5, 5.41) is 0.0358. The maximum atomic E-state index is 11.4. The summed E-state index contributed by atoms with van der Waals surface area (Å²) in [6.45, 7) is 0. The van der Waals surface area contributed by atoms with E-state index >= 15 is 0 Å². The van der Waals surface area contributed by atoms with Crippen LogP contribution in [0.3, 0.4) is 0 Å². The molecule has 0 radical (unpaired) electrons. The Labute approximate surface area is 82.3 Å². The first-order valence-corrected chi connectivity index (χ1v) is 5.17. The van der Waals surface area contributed by atoms with Crippen molar-refractivity contribution in [2.45, 2.75) is 6.10 Å². The molecule has 0 saturated carbocycles. The molecule has 0 aliphatic rings. The van der Waals surface area contributed by atoms with E-state index in [4.69, 9.17) is 4.74 Å². The van der Waals surface area contributed by atoms with Crippen LogP contribution in [0.15, 0.2) is 30.3 Å². The minimum absolute atomic E-state index is 0.0358. The van der Waals surface area contributed by atoms with Gasteiger partial charge >= 0.3 is 0 Å². The van der Waals surface area contributed by atoms with E-state index in [1.165, 1.54) is 11.8 Å². The molecule has 1 rings (SSSR count). The summed E-state index contributed by atoms with van der Waals surface area (Å²) in [5.74, 6) is 0. The van der Waals surface area contributed by atoms with Crippen LogP contribution < -0.4 is 0 Å². The van der Waals surface area contributed by atoms with Crippen molar-refractivity contribution in [3.63, 3.8) is 0 Å². The summed E-state index contributed by atoms with van der Waals surface area (Å²) in [4.78, 5) is 11.4. The van der Waals surface area contributed by atoms with Crippen molar-refractivity contribution in [2.75, 3.05) is 13.4 Å². The van der Waals surface area contributed by atoms with Crippen LogP contribution in [0, 0.1) is 0 Å². The quantitative estimate of drug-likeness (QED) is 0.741. The molecule has 1 aromatic carbocycles. The molecule has 70 valence electrons. The van der Waals surface area contributed by atoms with Gasteiger partial charge in [0.05, 0.1) is 0 Å².